The third-order valence-electron chi connectivity index (χ3n) is 19.2. The van der Waals surface area contributed by atoms with Crippen molar-refractivity contribution in [1.29, 1.82) is 0 Å². The van der Waals surface area contributed by atoms with Gasteiger partial charge in [0.05, 0.1) is 81.2 Å². The minimum absolute atomic E-state index is 0.112. The highest BCUT2D eigenvalue weighted by atomic mass is 28.4. The Kier molecular flexibility index (Phi) is 65.6. The number of carbonyl (C=O) groups excluding carboxylic acids is 2. The van der Waals surface area contributed by atoms with Gasteiger partial charge in [0.1, 0.15) is 25.4 Å². The Hall–Kier alpha value is -1.04. The molecule has 0 radical (unpaired) electrons. The van der Waals surface area contributed by atoms with Crippen LogP contribution >= 0.6 is 0 Å². The molecule has 650 valence electrons. The molecule has 0 aliphatic rings. The van der Waals surface area contributed by atoms with E-state index in [1.165, 1.54) is 62.7 Å². The van der Waals surface area contributed by atoms with Crippen molar-refractivity contribution in [2.75, 3.05) is 154 Å². The summed E-state index contributed by atoms with van der Waals surface area (Å²) in [6, 6.07) is 8.82. The maximum atomic E-state index is 11.3. The summed E-state index contributed by atoms with van der Waals surface area (Å²) in [6.45, 7) is 49.8. The predicted octanol–water partition coefficient (Wildman–Crippen LogP) is 15.2. The monoisotopic (exact) mass is 1660 g/mol. The molecule has 0 spiro atoms. The van der Waals surface area contributed by atoms with Crippen LogP contribution in [0.2, 0.25) is 107 Å². The largest absolute Gasteiger partial charge is 0.500 e. The third-order valence-corrected chi connectivity index (χ3v) is 37.4. The minimum Gasteiger partial charge on any atom is -0.460 e. The molecule has 0 amide bonds. The molecule has 0 aliphatic heterocycles. The second-order valence-corrected chi connectivity index (χ2v) is 59.8. The number of ether oxygens (including phenoxy) is 8. The van der Waals surface area contributed by atoms with E-state index in [1.54, 1.807) is 49.4 Å². The highest BCUT2D eigenvalue weighted by Crippen LogP contribution is 2.34. The number of hydrogen-bond donors (Lipinski definition) is 6. The van der Waals surface area contributed by atoms with E-state index in [-0.39, 0.29) is 70.2 Å². The first kappa shape index (κ1) is 110. The summed E-state index contributed by atoms with van der Waals surface area (Å²) in [6.07, 6.45) is 21.3. The average molecular weight is 1660 g/mol. The Bertz CT molecular complexity index is 2210. The summed E-state index contributed by atoms with van der Waals surface area (Å²) in [5, 5.41) is 47.7. The number of nitrogens with one attached hydrogen (secondary N) is 2. The molecule has 23 nitrogen and oxygen atoms in total. The topological polar surface area (TPSA) is 278 Å². The summed E-state index contributed by atoms with van der Waals surface area (Å²) in [5.74, 6) is -0.873. The Morgan fingerprint density at radius 2 is 0.651 bits per heavy atom. The number of aliphatic hydroxyl groups is 4. The van der Waals surface area contributed by atoms with Gasteiger partial charge in [0, 0.05) is 90.4 Å². The van der Waals surface area contributed by atoms with Gasteiger partial charge in [0.2, 0.25) is 0 Å². The number of carbonyl (C=O) groups is 2. The minimum atomic E-state index is -2.47. The van der Waals surface area contributed by atoms with Gasteiger partial charge in [-0.25, -0.2) is 9.59 Å². The van der Waals surface area contributed by atoms with E-state index in [9.17, 15) is 30.0 Å². The van der Waals surface area contributed by atoms with Gasteiger partial charge in [-0.05, 0) is 195 Å². The third kappa shape index (κ3) is 67.7. The molecule has 0 aromatic rings. The lowest BCUT2D eigenvalue weighted by Crippen LogP contribution is -2.45. The van der Waals surface area contributed by atoms with Crippen LogP contribution in [0.1, 0.15) is 183 Å². The lowest BCUT2D eigenvalue weighted by atomic mass is 10.1. The first-order chi connectivity index (χ1) is 51.3. The number of rotatable bonds is 77. The maximum Gasteiger partial charge on any atom is 0.500 e. The van der Waals surface area contributed by atoms with Gasteiger partial charge in [-0.2, -0.15) is 0 Å². The molecule has 109 heavy (non-hydrogen) atoms. The van der Waals surface area contributed by atoms with Gasteiger partial charge in [-0.15, -0.1) is 0 Å². The van der Waals surface area contributed by atoms with Crippen molar-refractivity contribution in [2.24, 2.45) is 0 Å². The lowest BCUT2D eigenvalue weighted by Gasteiger charge is -2.40. The van der Waals surface area contributed by atoms with Crippen molar-refractivity contribution in [3.8, 4) is 0 Å². The maximum absolute atomic E-state index is 11.3. The highest BCUT2D eigenvalue weighted by Gasteiger charge is 2.39. The molecule has 0 rings (SSSR count). The van der Waals surface area contributed by atoms with Gasteiger partial charge in [0.15, 0.2) is 16.6 Å². The molecule has 29 heteroatoms. The van der Waals surface area contributed by atoms with E-state index in [4.69, 9.17) is 68.9 Å². The molecule has 4 unspecified atom stereocenters. The number of esters is 2. The Morgan fingerprint density at radius 3 is 1.00 bits per heavy atom. The number of unbranched alkanes of at least 4 members (excludes halogenated alkanes) is 12. The average Bonchev–Trinajstić information content (AvgIpc) is 0.843. The van der Waals surface area contributed by atoms with Crippen molar-refractivity contribution in [3.05, 3.63) is 24.3 Å². The molecular formula is C80H170N2O21Si6. The first-order valence-electron chi connectivity index (χ1n) is 41.7. The van der Waals surface area contributed by atoms with Crippen molar-refractivity contribution >= 4 is 62.1 Å². The molecule has 0 bridgehead atoms. The van der Waals surface area contributed by atoms with Crippen molar-refractivity contribution < 1.29 is 98.9 Å². The summed E-state index contributed by atoms with van der Waals surface area (Å²) >= 11 is 0. The van der Waals surface area contributed by atoms with Crippen LogP contribution in [0.25, 0.3) is 0 Å². The normalized spacial score (nSPS) is 14.0. The zero-order chi connectivity index (χ0) is 82.6. The van der Waals surface area contributed by atoms with Crippen molar-refractivity contribution in [3.63, 3.8) is 0 Å². The van der Waals surface area contributed by atoms with E-state index in [2.05, 4.69) is 110 Å². The highest BCUT2D eigenvalue weighted by molar-refractivity contribution is 6.78. The van der Waals surface area contributed by atoms with Gasteiger partial charge in [-0.1, -0.05) is 128 Å². The number of aliphatic hydroxyl groups excluding tert-OH is 4. The Morgan fingerprint density at radius 1 is 0.349 bits per heavy atom. The Labute approximate surface area is 672 Å². The predicted molar refractivity (Wildman–Crippen MR) is 459 cm³/mol. The molecule has 0 saturated heterocycles. The molecule has 0 aliphatic carbocycles. The molecular weight excluding hydrogens is 1490 g/mol. The molecule has 0 aromatic heterocycles. The van der Waals surface area contributed by atoms with Crippen LogP contribution in [0.3, 0.4) is 0 Å². The fraction of sp³-hybridized carbons (Fsp3) is 0.925. The van der Waals surface area contributed by atoms with Crippen LogP contribution in [-0.2, 0) is 78.5 Å². The van der Waals surface area contributed by atoms with Crippen LogP contribution in [-0.4, -0.2) is 272 Å². The van der Waals surface area contributed by atoms with E-state index < -0.39 is 80.4 Å². The molecule has 0 saturated carbocycles. The summed E-state index contributed by atoms with van der Waals surface area (Å²) in [7, 11) is -2.50. The van der Waals surface area contributed by atoms with E-state index in [0.717, 1.165) is 153 Å². The molecule has 0 heterocycles. The fourth-order valence-electron chi connectivity index (χ4n) is 13.9. The van der Waals surface area contributed by atoms with E-state index in [1.807, 2.05) is 0 Å². The smallest absolute Gasteiger partial charge is 0.460 e. The number of hydrogen-bond acceptors (Lipinski definition) is 23. The standard InChI is InChI=1S/C40H85NO11Si3.C40H85NO10Si3/c1-36(2)39(44)51-28-27-50-34-38(43)33-48-25-18-13-12-14-19-30-54(10,11)52-40(3,4)35-53(8,9)29-21-26-49-32-37(42)22-16-15-17-23-41-24-20-31-55(45-5,46-6)47-7;1-36(2)39(44)50-28-27-49-34-38(43)33-47-25-18-13-12-14-19-30-53(9,10)51-40(3,4)35-52(7,8)29-21-26-48-32-37(42)22-16-15-17-23-41-24-20-31-54(11,45-5)46-6/h37-38,41-43H,1,12-35H2,2-11H3;37-38,41-43H,1,12-35H2,2-11H3. The van der Waals surface area contributed by atoms with E-state index >= 15 is 0 Å². The molecule has 4 atom stereocenters. The summed E-state index contributed by atoms with van der Waals surface area (Å²) < 4.78 is 84.8. The van der Waals surface area contributed by atoms with Crippen LogP contribution in [0.4, 0.5) is 0 Å². The van der Waals surface area contributed by atoms with Crippen LogP contribution in [0.5, 0.6) is 0 Å². The van der Waals surface area contributed by atoms with Crippen LogP contribution < -0.4 is 10.6 Å². The van der Waals surface area contributed by atoms with Crippen molar-refractivity contribution in [2.45, 2.75) is 326 Å². The SMILES string of the molecule is C=C(C)C(=O)OCCOCC(O)COCCCCCCC[Si](C)(C)OC(C)(C)C[Si](C)(C)CCCOCC(O)CCCCCNCCC[Si](C)(OC)OC.C=C(C)C(=O)OCCOCC(O)COCCCCCCC[Si](C)(C)OC(C)(C)C[Si](C)(C)CCCOCC(O)CCCCCNCCC[Si](OC)(OC)OC. The molecule has 0 fully saturated rings. The first-order valence-corrected chi connectivity index (χ1v) is 59.2. The molecule has 0 aromatic carbocycles. The van der Waals surface area contributed by atoms with Crippen molar-refractivity contribution in [1.82, 2.24) is 10.6 Å². The van der Waals surface area contributed by atoms with Gasteiger partial charge < -0.3 is 99.9 Å². The van der Waals surface area contributed by atoms with Gasteiger partial charge >= 0.3 is 29.3 Å². The fourth-order valence-corrected chi connectivity index (χ4v) is 30.2. The van der Waals surface area contributed by atoms with Gasteiger partial charge in [-0.3, -0.25) is 0 Å². The summed E-state index contributed by atoms with van der Waals surface area (Å²) in [5.41, 5.74) is 0.477. The quantitative estimate of drug-likeness (QED) is 0.0143. The van der Waals surface area contributed by atoms with Crippen LogP contribution in [0.15, 0.2) is 24.3 Å². The second kappa shape index (κ2) is 65.0. The van der Waals surface area contributed by atoms with Crippen LogP contribution in [0, 0.1) is 0 Å². The van der Waals surface area contributed by atoms with Gasteiger partial charge in [0.25, 0.3) is 0 Å². The Balaban J connectivity index is 0. The zero-order valence-corrected chi connectivity index (χ0v) is 79.4. The summed E-state index contributed by atoms with van der Waals surface area (Å²) in [4.78, 5) is 22.6. The zero-order valence-electron chi connectivity index (χ0n) is 73.4. The second-order valence-electron chi connectivity index (χ2n) is 34.3. The lowest BCUT2D eigenvalue weighted by molar-refractivity contribution is -0.141. The molecule has 6 N–H and O–H groups in total. The van der Waals surface area contributed by atoms with E-state index in [0.29, 0.717) is 50.8 Å².